The maximum absolute atomic E-state index is 5.04. The van der Waals surface area contributed by atoms with Gasteiger partial charge in [-0.25, -0.2) is 0 Å². The monoisotopic (exact) mass is 124 g/mol. The van der Waals surface area contributed by atoms with Crippen molar-refractivity contribution in [3.8, 4) is 0 Å². The Morgan fingerprint density at radius 1 is 1.67 bits per heavy atom. The molecule has 0 bridgehead atoms. The molecule has 1 aromatic heterocycles. The van der Waals surface area contributed by atoms with Gasteiger partial charge in [0, 0.05) is 6.42 Å². The molecule has 0 aromatic carbocycles. The van der Waals surface area contributed by atoms with Crippen LogP contribution in [0.15, 0.2) is 23.0 Å². The highest BCUT2D eigenvalue weighted by Crippen LogP contribution is 2.15. The second-order valence-corrected chi connectivity index (χ2v) is 2.29. The summed E-state index contributed by atoms with van der Waals surface area (Å²) in [5, 5.41) is 0. The van der Waals surface area contributed by atoms with E-state index in [1.54, 1.807) is 12.5 Å². The fourth-order valence-electron chi connectivity index (χ4n) is 0.858. The predicted octanol–water partition coefficient (Wildman–Crippen LogP) is 1.22. The van der Waals surface area contributed by atoms with Gasteiger partial charge in [0.25, 0.3) is 0 Å². The molecule has 0 spiro atoms. The minimum atomic E-state index is 0.475. The SMILES string of the molecule is c1cc(CC2CO2)co1. The molecular formula is C7H8O2. The van der Waals surface area contributed by atoms with Crippen molar-refractivity contribution in [2.75, 3.05) is 6.61 Å². The minimum absolute atomic E-state index is 0.475. The molecule has 1 aliphatic heterocycles. The number of rotatable bonds is 2. The molecule has 1 aromatic rings. The van der Waals surface area contributed by atoms with Gasteiger partial charge in [-0.05, 0) is 11.6 Å². The van der Waals surface area contributed by atoms with E-state index in [4.69, 9.17) is 9.15 Å². The lowest BCUT2D eigenvalue weighted by Crippen LogP contribution is -1.88. The van der Waals surface area contributed by atoms with Crippen LogP contribution in [0.2, 0.25) is 0 Å². The van der Waals surface area contributed by atoms with E-state index in [0.717, 1.165) is 13.0 Å². The van der Waals surface area contributed by atoms with Gasteiger partial charge >= 0.3 is 0 Å². The second-order valence-electron chi connectivity index (χ2n) is 2.29. The van der Waals surface area contributed by atoms with Gasteiger partial charge in [0.05, 0.1) is 25.2 Å². The van der Waals surface area contributed by atoms with Crippen LogP contribution >= 0.6 is 0 Å². The van der Waals surface area contributed by atoms with Crippen molar-refractivity contribution < 1.29 is 9.15 Å². The smallest absolute Gasteiger partial charge is 0.0935 e. The lowest BCUT2D eigenvalue weighted by molar-refractivity contribution is 0.407. The third kappa shape index (κ3) is 1.13. The average Bonchev–Trinajstić information content (AvgIpc) is 2.46. The number of hydrogen-bond donors (Lipinski definition) is 0. The molecule has 2 heteroatoms. The summed E-state index contributed by atoms with van der Waals surface area (Å²) in [6.07, 6.45) is 4.94. The van der Waals surface area contributed by atoms with E-state index in [1.807, 2.05) is 6.07 Å². The topological polar surface area (TPSA) is 25.7 Å². The van der Waals surface area contributed by atoms with E-state index < -0.39 is 0 Å². The molecule has 0 aliphatic carbocycles. The Kier molecular flexibility index (Phi) is 1.06. The first-order valence-electron chi connectivity index (χ1n) is 3.08. The van der Waals surface area contributed by atoms with Crippen LogP contribution in [0.5, 0.6) is 0 Å². The van der Waals surface area contributed by atoms with Crippen LogP contribution in [-0.2, 0) is 11.2 Å². The van der Waals surface area contributed by atoms with E-state index in [2.05, 4.69) is 0 Å². The molecule has 1 saturated heterocycles. The summed E-state index contributed by atoms with van der Waals surface area (Å²) >= 11 is 0. The first-order chi connectivity index (χ1) is 4.45. The third-order valence-electron chi connectivity index (χ3n) is 1.45. The normalized spacial score (nSPS) is 24.2. The molecule has 0 radical (unpaired) electrons. The van der Waals surface area contributed by atoms with Crippen molar-refractivity contribution in [1.82, 2.24) is 0 Å². The van der Waals surface area contributed by atoms with Crippen LogP contribution in [0.25, 0.3) is 0 Å². The summed E-state index contributed by atoms with van der Waals surface area (Å²) in [7, 11) is 0. The van der Waals surface area contributed by atoms with Crippen LogP contribution in [-0.4, -0.2) is 12.7 Å². The maximum Gasteiger partial charge on any atom is 0.0935 e. The highest BCUT2D eigenvalue weighted by molar-refractivity contribution is 5.07. The molecule has 1 aliphatic rings. The fourth-order valence-corrected chi connectivity index (χ4v) is 0.858. The van der Waals surface area contributed by atoms with E-state index in [0.29, 0.717) is 6.10 Å². The molecule has 0 N–H and O–H groups in total. The van der Waals surface area contributed by atoms with Gasteiger partial charge in [-0.15, -0.1) is 0 Å². The predicted molar refractivity (Wildman–Crippen MR) is 32.2 cm³/mol. The minimum Gasteiger partial charge on any atom is -0.472 e. The molecule has 0 saturated carbocycles. The van der Waals surface area contributed by atoms with Crippen LogP contribution in [0.4, 0.5) is 0 Å². The van der Waals surface area contributed by atoms with Crippen molar-refractivity contribution in [2.24, 2.45) is 0 Å². The Morgan fingerprint density at radius 3 is 3.11 bits per heavy atom. The van der Waals surface area contributed by atoms with Crippen LogP contribution in [0, 0.1) is 0 Å². The van der Waals surface area contributed by atoms with Gasteiger partial charge in [0.2, 0.25) is 0 Å². The molecule has 2 rings (SSSR count). The molecule has 1 unspecified atom stereocenters. The standard InChI is InChI=1S/C7H8O2/c1-2-8-4-6(1)3-7-5-9-7/h1-2,4,7H,3,5H2. The van der Waals surface area contributed by atoms with Gasteiger partial charge in [-0.3, -0.25) is 0 Å². The van der Waals surface area contributed by atoms with E-state index in [-0.39, 0.29) is 0 Å². The summed E-state index contributed by atoms with van der Waals surface area (Å²) in [5.41, 5.74) is 1.23. The number of furan rings is 1. The Labute approximate surface area is 53.4 Å². The summed E-state index contributed by atoms with van der Waals surface area (Å²) < 4.78 is 9.93. The van der Waals surface area contributed by atoms with Gasteiger partial charge in [-0.1, -0.05) is 0 Å². The van der Waals surface area contributed by atoms with Crippen LogP contribution in [0.3, 0.4) is 0 Å². The van der Waals surface area contributed by atoms with E-state index in [9.17, 15) is 0 Å². The summed E-state index contributed by atoms with van der Waals surface area (Å²) in [6, 6.07) is 1.97. The molecule has 1 fully saturated rings. The van der Waals surface area contributed by atoms with Crippen LogP contribution < -0.4 is 0 Å². The Balaban J connectivity index is 1.99. The number of epoxide rings is 1. The molecule has 1 atom stereocenters. The zero-order valence-corrected chi connectivity index (χ0v) is 5.04. The molecular weight excluding hydrogens is 116 g/mol. The van der Waals surface area contributed by atoms with Crippen molar-refractivity contribution in [2.45, 2.75) is 12.5 Å². The summed E-state index contributed by atoms with van der Waals surface area (Å²) in [6.45, 7) is 0.922. The first kappa shape index (κ1) is 5.06. The van der Waals surface area contributed by atoms with Crippen molar-refractivity contribution in [1.29, 1.82) is 0 Å². The van der Waals surface area contributed by atoms with E-state index >= 15 is 0 Å². The summed E-state index contributed by atoms with van der Waals surface area (Å²) in [4.78, 5) is 0. The Morgan fingerprint density at radius 2 is 2.56 bits per heavy atom. The lowest BCUT2D eigenvalue weighted by atomic mass is 10.2. The fraction of sp³-hybridized carbons (Fsp3) is 0.429. The van der Waals surface area contributed by atoms with Crippen molar-refractivity contribution in [3.05, 3.63) is 24.2 Å². The molecule has 9 heavy (non-hydrogen) atoms. The van der Waals surface area contributed by atoms with Gasteiger partial charge in [0.15, 0.2) is 0 Å². The van der Waals surface area contributed by atoms with Gasteiger partial charge in [-0.2, -0.15) is 0 Å². The number of ether oxygens (including phenoxy) is 1. The maximum atomic E-state index is 5.04. The first-order valence-corrected chi connectivity index (χ1v) is 3.08. The zero-order chi connectivity index (χ0) is 6.10. The lowest BCUT2D eigenvalue weighted by Gasteiger charge is -1.84. The third-order valence-corrected chi connectivity index (χ3v) is 1.45. The van der Waals surface area contributed by atoms with Crippen molar-refractivity contribution >= 4 is 0 Å². The average molecular weight is 124 g/mol. The van der Waals surface area contributed by atoms with Gasteiger partial charge < -0.3 is 9.15 Å². The van der Waals surface area contributed by atoms with E-state index in [1.165, 1.54) is 5.56 Å². The molecule has 2 nitrogen and oxygen atoms in total. The van der Waals surface area contributed by atoms with Crippen molar-refractivity contribution in [3.63, 3.8) is 0 Å². The largest absolute Gasteiger partial charge is 0.472 e. The Bertz CT molecular complexity index is 175. The number of hydrogen-bond acceptors (Lipinski definition) is 2. The van der Waals surface area contributed by atoms with Crippen LogP contribution in [0.1, 0.15) is 5.56 Å². The summed E-state index contributed by atoms with van der Waals surface area (Å²) in [5.74, 6) is 0. The highest BCUT2D eigenvalue weighted by atomic mass is 16.6. The molecule has 2 heterocycles. The highest BCUT2D eigenvalue weighted by Gasteiger charge is 2.22. The van der Waals surface area contributed by atoms with Gasteiger partial charge in [0.1, 0.15) is 0 Å². The quantitative estimate of drug-likeness (QED) is 0.554. The Hall–Kier alpha value is -0.760. The molecule has 0 amide bonds. The second kappa shape index (κ2) is 1.88. The zero-order valence-electron chi connectivity index (χ0n) is 5.04. The molecule has 48 valence electrons.